The van der Waals surface area contributed by atoms with E-state index in [0.717, 1.165) is 43.4 Å². The number of nitrogens with zero attached hydrogens (tertiary/aromatic N) is 2. The second kappa shape index (κ2) is 10.1. The van der Waals surface area contributed by atoms with Crippen molar-refractivity contribution in [1.82, 2.24) is 9.88 Å². The first-order valence-corrected chi connectivity index (χ1v) is 14.1. The Labute approximate surface area is 233 Å². The molecule has 2 aliphatic carbocycles. The van der Waals surface area contributed by atoms with Crippen LogP contribution in [0.15, 0.2) is 42.5 Å². The van der Waals surface area contributed by atoms with Gasteiger partial charge in [-0.1, -0.05) is 51.1 Å². The number of aromatic nitrogens is 1. The number of carboxylic acid groups (broad SMARTS) is 1. The summed E-state index contributed by atoms with van der Waals surface area (Å²) in [6.07, 6.45) is 1.25. The van der Waals surface area contributed by atoms with E-state index in [-0.39, 0.29) is 23.3 Å². The highest BCUT2D eigenvalue weighted by molar-refractivity contribution is 5.87. The predicted molar refractivity (Wildman–Crippen MR) is 145 cm³/mol. The normalized spacial score (nSPS) is 26.6. The van der Waals surface area contributed by atoms with Gasteiger partial charge in [0.1, 0.15) is 11.9 Å². The summed E-state index contributed by atoms with van der Waals surface area (Å²) in [7, 11) is 0. The molecule has 216 valence electrons. The highest BCUT2D eigenvalue weighted by Crippen LogP contribution is 2.58. The second-order valence-corrected chi connectivity index (χ2v) is 13.1. The largest absolute Gasteiger partial charge is 0.480 e. The summed E-state index contributed by atoms with van der Waals surface area (Å²) in [5.41, 5.74) is -0.132. The molecule has 1 saturated heterocycles. The Bertz CT molecular complexity index is 1260. The summed E-state index contributed by atoms with van der Waals surface area (Å²) in [4.78, 5) is 33.2. The van der Waals surface area contributed by atoms with Gasteiger partial charge in [-0.15, -0.1) is 0 Å². The van der Waals surface area contributed by atoms with Crippen LogP contribution in [0.4, 0.5) is 19.0 Å². The van der Waals surface area contributed by atoms with Gasteiger partial charge in [-0.05, 0) is 74.0 Å². The molecule has 0 bridgehead atoms. The first kappa shape index (κ1) is 28.4. The van der Waals surface area contributed by atoms with E-state index < -0.39 is 47.2 Å². The number of anilines is 1. The molecule has 2 heterocycles. The van der Waals surface area contributed by atoms with Crippen LogP contribution >= 0.6 is 0 Å². The van der Waals surface area contributed by atoms with Crippen LogP contribution in [-0.4, -0.2) is 39.0 Å². The van der Waals surface area contributed by atoms with Gasteiger partial charge in [-0.25, -0.2) is 9.78 Å². The predicted octanol–water partition coefficient (Wildman–Crippen LogP) is 6.86. The first-order valence-electron chi connectivity index (χ1n) is 14.1. The minimum absolute atomic E-state index is 0.0132. The molecule has 2 N–H and O–H groups in total. The van der Waals surface area contributed by atoms with E-state index >= 15 is 0 Å². The molecule has 1 amide bonds. The molecule has 5 rings (SSSR count). The van der Waals surface area contributed by atoms with E-state index in [0.29, 0.717) is 5.41 Å². The van der Waals surface area contributed by atoms with Crippen molar-refractivity contribution in [3.63, 3.8) is 0 Å². The Morgan fingerprint density at radius 1 is 1.02 bits per heavy atom. The fourth-order valence-electron chi connectivity index (χ4n) is 7.10. The number of halogens is 3. The van der Waals surface area contributed by atoms with Gasteiger partial charge >= 0.3 is 12.1 Å². The Kier molecular flexibility index (Phi) is 7.16. The van der Waals surface area contributed by atoms with E-state index in [2.05, 4.69) is 10.3 Å². The van der Waals surface area contributed by atoms with Crippen molar-refractivity contribution in [3.8, 4) is 0 Å². The van der Waals surface area contributed by atoms with E-state index in [1.165, 1.54) is 19.8 Å². The molecule has 2 aromatic rings. The lowest BCUT2D eigenvalue weighted by Crippen LogP contribution is -2.49. The average Bonchev–Trinajstić information content (AvgIpc) is 3.52. The number of pyridine rings is 1. The van der Waals surface area contributed by atoms with Crippen molar-refractivity contribution in [1.29, 1.82) is 0 Å². The van der Waals surface area contributed by atoms with Gasteiger partial charge in [-0.3, -0.25) is 4.79 Å². The SMILES string of the molecule is Cc1cc(C(F)(F)F)cc(N[C@@H]2[C@@H](C(C)(C)C)[C@H](C(=O)O)N(C(=O)C3CCC4(CC3)CC4)[C@@H]2c2ccccc2)n1. The number of nitrogens with one attached hydrogen (secondary N) is 1. The van der Waals surface area contributed by atoms with Gasteiger partial charge in [0, 0.05) is 17.5 Å². The fraction of sp³-hybridized carbons (Fsp3) is 0.581. The van der Waals surface area contributed by atoms with Gasteiger partial charge in [0.2, 0.25) is 5.91 Å². The van der Waals surface area contributed by atoms with Crippen LogP contribution in [0.3, 0.4) is 0 Å². The summed E-state index contributed by atoms with van der Waals surface area (Å²) in [5.74, 6) is -2.16. The molecular weight excluding hydrogens is 519 g/mol. The van der Waals surface area contributed by atoms with Gasteiger partial charge < -0.3 is 15.3 Å². The number of carbonyl (C=O) groups is 2. The maximum atomic E-state index is 14.3. The molecular formula is C31H38F3N3O3. The van der Waals surface area contributed by atoms with Crippen LogP contribution in [0.25, 0.3) is 0 Å². The number of carboxylic acids is 1. The van der Waals surface area contributed by atoms with Crippen LogP contribution in [0.2, 0.25) is 0 Å². The van der Waals surface area contributed by atoms with Gasteiger partial charge in [0.25, 0.3) is 0 Å². The number of alkyl halides is 3. The van der Waals surface area contributed by atoms with Gasteiger partial charge in [0.05, 0.1) is 17.6 Å². The number of aliphatic carboxylic acids is 1. The van der Waals surface area contributed by atoms with E-state index in [4.69, 9.17) is 0 Å². The summed E-state index contributed by atoms with van der Waals surface area (Å²) in [6.45, 7) is 7.25. The molecule has 0 radical (unpaired) electrons. The molecule has 4 atom stereocenters. The highest BCUT2D eigenvalue weighted by Gasteiger charge is 2.59. The number of hydrogen-bond donors (Lipinski definition) is 2. The molecule has 1 aliphatic heterocycles. The number of benzene rings is 1. The number of carbonyl (C=O) groups excluding carboxylic acids is 1. The summed E-state index contributed by atoms with van der Waals surface area (Å²) >= 11 is 0. The van der Waals surface area contributed by atoms with Crippen molar-refractivity contribution in [2.45, 2.75) is 90.5 Å². The Balaban J connectivity index is 1.61. The number of likely N-dealkylation sites (tertiary alicyclic amines) is 1. The lowest BCUT2D eigenvalue weighted by atomic mass is 9.72. The highest BCUT2D eigenvalue weighted by atomic mass is 19.4. The zero-order valence-electron chi connectivity index (χ0n) is 23.5. The fourth-order valence-corrected chi connectivity index (χ4v) is 7.10. The third-order valence-electron chi connectivity index (χ3n) is 9.26. The molecule has 3 aliphatic rings. The first-order chi connectivity index (χ1) is 18.7. The van der Waals surface area contributed by atoms with Crippen LogP contribution in [0.1, 0.15) is 82.2 Å². The molecule has 1 aromatic heterocycles. The van der Waals surface area contributed by atoms with Crippen LogP contribution in [0.5, 0.6) is 0 Å². The Morgan fingerprint density at radius 3 is 2.17 bits per heavy atom. The molecule has 0 unspecified atom stereocenters. The number of amides is 1. The smallest absolute Gasteiger partial charge is 0.416 e. The van der Waals surface area contributed by atoms with Crippen molar-refractivity contribution in [3.05, 3.63) is 59.3 Å². The van der Waals surface area contributed by atoms with Crippen LogP contribution in [-0.2, 0) is 15.8 Å². The standard InChI is InChI=1S/C31H38F3N3O3/c1-18-16-21(31(32,33)34)17-22(35-18)36-24-23(29(2,3)4)26(28(39)40)37(25(24)19-8-6-5-7-9-19)27(38)20-10-12-30(13-11-20)14-15-30/h5-9,16-17,20,23-26H,10-15H2,1-4H3,(H,35,36)(H,39,40)/t23-,24-,25-,26-/m1/s1. The Morgan fingerprint density at radius 2 is 1.65 bits per heavy atom. The minimum atomic E-state index is -4.56. The monoisotopic (exact) mass is 557 g/mol. The van der Waals surface area contributed by atoms with Crippen molar-refractivity contribution in [2.24, 2.45) is 22.7 Å². The lowest BCUT2D eigenvalue weighted by molar-refractivity contribution is -0.154. The van der Waals surface area contributed by atoms with Crippen molar-refractivity contribution >= 4 is 17.7 Å². The van der Waals surface area contributed by atoms with E-state index in [1.807, 2.05) is 51.1 Å². The quantitative estimate of drug-likeness (QED) is 0.420. The van der Waals surface area contributed by atoms with Gasteiger partial charge in [-0.2, -0.15) is 13.2 Å². The average molecular weight is 558 g/mol. The molecule has 1 spiro atoms. The maximum Gasteiger partial charge on any atom is 0.416 e. The third kappa shape index (κ3) is 5.44. The van der Waals surface area contributed by atoms with E-state index in [1.54, 1.807) is 4.90 Å². The molecule has 1 aromatic carbocycles. The minimum Gasteiger partial charge on any atom is -0.480 e. The van der Waals surface area contributed by atoms with Crippen molar-refractivity contribution in [2.75, 3.05) is 5.32 Å². The second-order valence-electron chi connectivity index (χ2n) is 13.1. The lowest BCUT2D eigenvalue weighted by Gasteiger charge is -2.36. The topological polar surface area (TPSA) is 82.5 Å². The maximum absolute atomic E-state index is 14.3. The Hall–Kier alpha value is -3.10. The molecule has 2 saturated carbocycles. The van der Waals surface area contributed by atoms with E-state index in [9.17, 15) is 27.9 Å². The summed E-state index contributed by atoms with van der Waals surface area (Å²) < 4.78 is 41.1. The molecule has 3 fully saturated rings. The zero-order chi connectivity index (χ0) is 29.0. The summed E-state index contributed by atoms with van der Waals surface area (Å²) in [6, 6.07) is 8.62. The molecule has 6 nitrogen and oxygen atoms in total. The summed E-state index contributed by atoms with van der Waals surface area (Å²) in [5, 5.41) is 13.8. The van der Waals surface area contributed by atoms with Gasteiger partial charge in [0.15, 0.2) is 0 Å². The number of hydrogen-bond acceptors (Lipinski definition) is 4. The van der Waals surface area contributed by atoms with Crippen LogP contribution < -0.4 is 5.32 Å². The zero-order valence-corrected chi connectivity index (χ0v) is 23.5. The number of aryl methyl sites for hydroxylation is 1. The third-order valence-corrected chi connectivity index (χ3v) is 9.26. The molecule has 40 heavy (non-hydrogen) atoms. The number of rotatable bonds is 5. The molecule has 9 heteroatoms. The van der Waals surface area contributed by atoms with Crippen molar-refractivity contribution < 1.29 is 27.9 Å². The van der Waals surface area contributed by atoms with Crippen LogP contribution in [0, 0.1) is 29.6 Å².